The number of anilines is 2. The smallest absolute Gasteiger partial charge is 0.252 e. The Morgan fingerprint density at radius 1 is 1.07 bits per heavy atom. The summed E-state index contributed by atoms with van der Waals surface area (Å²) in [6, 6.07) is 18.2. The van der Waals surface area contributed by atoms with Crippen LogP contribution in [0.15, 0.2) is 59.5 Å². The molecule has 2 atom stereocenters. The molecule has 5 heteroatoms. The molecule has 0 aliphatic heterocycles. The molecule has 1 aromatic heterocycles. The summed E-state index contributed by atoms with van der Waals surface area (Å²) in [6.07, 6.45) is 6.74. The fourth-order valence-corrected chi connectivity index (χ4v) is 4.51. The summed E-state index contributed by atoms with van der Waals surface area (Å²) >= 11 is 1.70. The maximum absolute atomic E-state index is 13.2. The molecule has 1 amide bonds. The number of thioether (sulfide) groups is 1. The number of hydrogen-bond donors (Lipinski definition) is 2. The lowest BCUT2D eigenvalue weighted by molar-refractivity contribution is 0.0912. The van der Waals surface area contributed by atoms with Crippen LogP contribution in [0.3, 0.4) is 0 Å². The molecule has 1 heterocycles. The summed E-state index contributed by atoms with van der Waals surface area (Å²) in [5, 5.41) is 7.55. The summed E-state index contributed by atoms with van der Waals surface area (Å²) in [4.78, 5) is 19.1. The molecule has 4 rings (SSSR count). The zero-order chi connectivity index (χ0) is 20.2. The Kier molecular flexibility index (Phi) is 6.05. The number of pyridine rings is 1. The van der Waals surface area contributed by atoms with E-state index < -0.39 is 0 Å². The Hall–Kier alpha value is -2.53. The minimum atomic E-state index is -0.0109. The molecule has 1 saturated carbocycles. The molecule has 4 nitrogen and oxygen atoms in total. The van der Waals surface area contributed by atoms with Crippen LogP contribution >= 0.6 is 11.8 Å². The number of rotatable bonds is 5. The number of amides is 1. The SMILES string of the molecule is CSc1cccc(Nc2cc(C(=O)NC3CCCCC3C)c3ccccc3n2)c1. The molecular weight excluding hydrogens is 378 g/mol. The van der Waals surface area contributed by atoms with Gasteiger partial charge in [-0.1, -0.05) is 44.0 Å². The van der Waals surface area contributed by atoms with Crippen molar-refractivity contribution < 1.29 is 4.79 Å². The molecular formula is C24H27N3OS. The first-order chi connectivity index (χ1) is 14.1. The summed E-state index contributed by atoms with van der Waals surface area (Å²) < 4.78 is 0. The van der Waals surface area contributed by atoms with Gasteiger partial charge in [-0.2, -0.15) is 0 Å². The van der Waals surface area contributed by atoms with Crippen LogP contribution in [0.25, 0.3) is 10.9 Å². The lowest BCUT2D eigenvalue weighted by atomic mass is 9.86. The second-order valence-electron chi connectivity index (χ2n) is 7.77. The molecule has 29 heavy (non-hydrogen) atoms. The van der Waals surface area contributed by atoms with Gasteiger partial charge in [-0.3, -0.25) is 4.79 Å². The number of nitrogens with zero attached hydrogens (tertiary/aromatic N) is 1. The van der Waals surface area contributed by atoms with Crippen molar-refractivity contribution in [2.24, 2.45) is 5.92 Å². The van der Waals surface area contributed by atoms with Crippen molar-refractivity contribution in [1.29, 1.82) is 0 Å². The topological polar surface area (TPSA) is 54.0 Å². The van der Waals surface area contributed by atoms with Crippen molar-refractivity contribution in [3.05, 3.63) is 60.2 Å². The summed E-state index contributed by atoms with van der Waals surface area (Å²) in [5.41, 5.74) is 2.46. The molecule has 0 saturated heterocycles. The van der Waals surface area contributed by atoms with E-state index >= 15 is 0 Å². The summed E-state index contributed by atoms with van der Waals surface area (Å²) in [6.45, 7) is 2.24. The molecule has 3 aromatic rings. The molecule has 150 valence electrons. The fourth-order valence-electron chi connectivity index (χ4n) is 4.05. The van der Waals surface area contributed by atoms with Gasteiger partial charge in [-0.05, 0) is 55.3 Å². The molecule has 2 unspecified atom stereocenters. The van der Waals surface area contributed by atoms with E-state index in [2.05, 4.69) is 35.9 Å². The first kappa shape index (κ1) is 19.8. The minimum Gasteiger partial charge on any atom is -0.349 e. The van der Waals surface area contributed by atoms with Gasteiger partial charge in [0.05, 0.1) is 11.1 Å². The average Bonchev–Trinajstić information content (AvgIpc) is 2.75. The van der Waals surface area contributed by atoms with Crippen LogP contribution in [-0.2, 0) is 0 Å². The van der Waals surface area contributed by atoms with Crippen LogP contribution in [0.4, 0.5) is 11.5 Å². The Morgan fingerprint density at radius 3 is 2.72 bits per heavy atom. The van der Waals surface area contributed by atoms with Crippen molar-refractivity contribution in [3.63, 3.8) is 0 Å². The molecule has 0 radical (unpaired) electrons. The molecule has 0 spiro atoms. The van der Waals surface area contributed by atoms with E-state index in [1.165, 1.54) is 24.2 Å². The number of benzene rings is 2. The Morgan fingerprint density at radius 2 is 1.90 bits per heavy atom. The third kappa shape index (κ3) is 4.56. The summed E-state index contributed by atoms with van der Waals surface area (Å²) in [7, 11) is 0. The molecule has 0 bridgehead atoms. The number of carbonyl (C=O) groups is 1. The first-order valence-corrected chi connectivity index (χ1v) is 11.5. The van der Waals surface area contributed by atoms with Gasteiger partial charge >= 0.3 is 0 Å². The second-order valence-corrected chi connectivity index (χ2v) is 8.65. The fraction of sp³-hybridized carbons (Fsp3) is 0.333. The van der Waals surface area contributed by atoms with Gasteiger partial charge in [-0.15, -0.1) is 11.8 Å². The molecule has 1 aliphatic carbocycles. The number of fused-ring (bicyclic) bond motifs is 1. The van der Waals surface area contributed by atoms with Crippen molar-refractivity contribution in [1.82, 2.24) is 10.3 Å². The third-order valence-corrected chi connectivity index (χ3v) is 6.46. The van der Waals surface area contributed by atoms with Gasteiger partial charge < -0.3 is 10.6 Å². The number of carbonyl (C=O) groups excluding carboxylic acids is 1. The molecule has 1 fully saturated rings. The van der Waals surface area contributed by atoms with Crippen LogP contribution in [0.2, 0.25) is 0 Å². The van der Waals surface area contributed by atoms with Crippen molar-refractivity contribution in [2.75, 3.05) is 11.6 Å². The van der Waals surface area contributed by atoms with Crippen molar-refractivity contribution in [2.45, 2.75) is 43.5 Å². The predicted molar refractivity (Wildman–Crippen MR) is 122 cm³/mol. The Bertz CT molecular complexity index is 1020. The van der Waals surface area contributed by atoms with Gasteiger partial charge in [-0.25, -0.2) is 4.98 Å². The normalized spacial score (nSPS) is 19.1. The predicted octanol–water partition coefficient (Wildman–Crippen LogP) is 6.01. The van der Waals surface area contributed by atoms with Crippen LogP contribution in [0, 0.1) is 5.92 Å². The lowest BCUT2D eigenvalue weighted by Gasteiger charge is -2.29. The van der Waals surface area contributed by atoms with Crippen molar-refractivity contribution in [3.8, 4) is 0 Å². The monoisotopic (exact) mass is 405 g/mol. The highest BCUT2D eigenvalue weighted by molar-refractivity contribution is 7.98. The Balaban J connectivity index is 1.66. The van der Waals surface area contributed by atoms with E-state index in [0.29, 0.717) is 17.3 Å². The van der Waals surface area contributed by atoms with Gasteiger partial charge in [0.25, 0.3) is 5.91 Å². The van der Waals surface area contributed by atoms with Crippen LogP contribution in [0.1, 0.15) is 43.0 Å². The van der Waals surface area contributed by atoms with Gasteiger partial charge in [0.1, 0.15) is 5.82 Å². The summed E-state index contributed by atoms with van der Waals surface area (Å²) in [5.74, 6) is 1.19. The number of para-hydroxylation sites is 1. The standard InChI is InChI=1S/C24H27N3OS/c1-16-8-3-5-12-21(16)27-24(28)20-15-23(26-22-13-6-4-11-19(20)22)25-17-9-7-10-18(14-17)29-2/h4,6-7,9-11,13-16,21H,3,5,8,12H2,1-2H3,(H,25,26)(H,27,28). The van der Waals surface area contributed by atoms with E-state index in [0.717, 1.165) is 23.0 Å². The molecule has 2 N–H and O–H groups in total. The quantitative estimate of drug-likeness (QED) is 0.511. The van der Waals surface area contributed by atoms with Gasteiger partial charge in [0.15, 0.2) is 0 Å². The van der Waals surface area contributed by atoms with E-state index in [9.17, 15) is 4.79 Å². The van der Waals surface area contributed by atoms with Crippen LogP contribution in [0.5, 0.6) is 0 Å². The largest absolute Gasteiger partial charge is 0.349 e. The highest BCUT2D eigenvalue weighted by Gasteiger charge is 2.24. The highest BCUT2D eigenvalue weighted by Crippen LogP contribution is 2.27. The van der Waals surface area contributed by atoms with Crippen LogP contribution in [-0.4, -0.2) is 23.2 Å². The third-order valence-electron chi connectivity index (χ3n) is 5.73. The Labute approximate surface area is 176 Å². The number of hydrogen-bond acceptors (Lipinski definition) is 4. The van der Waals surface area contributed by atoms with Crippen LogP contribution < -0.4 is 10.6 Å². The van der Waals surface area contributed by atoms with E-state index in [-0.39, 0.29) is 11.9 Å². The highest BCUT2D eigenvalue weighted by atomic mass is 32.2. The van der Waals surface area contributed by atoms with E-state index in [1.54, 1.807) is 11.8 Å². The molecule has 2 aromatic carbocycles. The van der Waals surface area contributed by atoms with E-state index in [1.807, 2.05) is 42.5 Å². The number of aromatic nitrogens is 1. The lowest BCUT2D eigenvalue weighted by Crippen LogP contribution is -2.41. The zero-order valence-electron chi connectivity index (χ0n) is 16.9. The zero-order valence-corrected chi connectivity index (χ0v) is 17.8. The molecule has 1 aliphatic rings. The van der Waals surface area contributed by atoms with Gasteiger partial charge in [0.2, 0.25) is 0 Å². The maximum atomic E-state index is 13.2. The maximum Gasteiger partial charge on any atom is 0.252 e. The van der Waals surface area contributed by atoms with E-state index in [4.69, 9.17) is 4.98 Å². The minimum absolute atomic E-state index is 0.0109. The van der Waals surface area contributed by atoms with Gasteiger partial charge in [0, 0.05) is 22.0 Å². The van der Waals surface area contributed by atoms with Crippen molar-refractivity contribution >= 4 is 40.1 Å². The second kappa shape index (κ2) is 8.87. The average molecular weight is 406 g/mol. The first-order valence-electron chi connectivity index (χ1n) is 10.3. The number of nitrogens with one attached hydrogen (secondary N) is 2.